The first-order chi connectivity index (χ1) is 17.9. The molecule has 5 rings (SSSR count). The van der Waals surface area contributed by atoms with Gasteiger partial charge in [0.15, 0.2) is 5.78 Å². The molecule has 1 unspecified atom stereocenters. The number of hydrogen-bond donors (Lipinski definition) is 1. The van der Waals surface area contributed by atoms with Crippen molar-refractivity contribution in [3.8, 4) is 0 Å². The Morgan fingerprint density at radius 2 is 1.97 bits per heavy atom. The number of piperazine rings is 1. The molecule has 1 saturated heterocycles. The normalized spacial score (nSPS) is 20.5. The van der Waals surface area contributed by atoms with Gasteiger partial charge in [0, 0.05) is 73.7 Å². The van der Waals surface area contributed by atoms with Crippen molar-refractivity contribution < 1.29 is 14.4 Å². The van der Waals surface area contributed by atoms with Crippen LogP contribution < -0.4 is 10.2 Å². The molecule has 4 heterocycles. The number of carbonyl (C=O) groups excluding carboxylic acids is 3. The summed E-state index contributed by atoms with van der Waals surface area (Å²) in [6.07, 6.45) is 10.6. The number of ketones is 1. The summed E-state index contributed by atoms with van der Waals surface area (Å²) in [5, 5.41) is 3.11. The number of nitrogens with one attached hydrogen (secondary N) is 1. The highest BCUT2D eigenvalue weighted by atomic mass is 35.5. The van der Waals surface area contributed by atoms with Crippen LogP contribution in [0.25, 0.3) is 0 Å². The number of aliphatic imine (C=N–C) groups is 2. The summed E-state index contributed by atoms with van der Waals surface area (Å²) < 4.78 is 0. The number of benzene rings is 1. The first-order valence-electron chi connectivity index (χ1n) is 12.1. The van der Waals surface area contributed by atoms with Crippen molar-refractivity contribution in [3.05, 3.63) is 71.2 Å². The summed E-state index contributed by atoms with van der Waals surface area (Å²) in [5.41, 5.74) is 2.73. The maximum Gasteiger partial charge on any atom is 0.231 e. The Morgan fingerprint density at radius 3 is 2.59 bits per heavy atom. The van der Waals surface area contributed by atoms with Gasteiger partial charge in [0.25, 0.3) is 0 Å². The van der Waals surface area contributed by atoms with Crippen LogP contribution in [0.4, 0.5) is 5.69 Å². The van der Waals surface area contributed by atoms with Gasteiger partial charge in [-0.1, -0.05) is 23.7 Å². The van der Waals surface area contributed by atoms with Crippen LogP contribution in [0.3, 0.4) is 0 Å². The van der Waals surface area contributed by atoms with Gasteiger partial charge in [-0.05, 0) is 43.2 Å². The second kappa shape index (κ2) is 11.9. The van der Waals surface area contributed by atoms with Crippen LogP contribution >= 0.6 is 11.6 Å². The predicted octanol–water partition coefficient (Wildman–Crippen LogP) is 3.07. The minimum Gasteiger partial charge on any atom is -0.368 e. The van der Waals surface area contributed by atoms with E-state index in [1.807, 2.05) is 41.4 Å². The Balaban J connectivity index is 0.000000342. The summed E-state index contributed by atoms with van der Waals surface area (Å²) in [4.78, 5) is 50.6. The molecule has 3 aliphatic rings. The zero-order chi connectivity index (χ0) is 26.3. The highest BCUT2D eigenvalue weighted by Gasteiger charge is 2.33. The van der Waals surface area contributed by atoms with Gasteiger partial charge in [-0.3, -0.25) is 24.4 Å². The lowest BCUT2D eigenvalue weighted by Crippen LogP contribution is -2.49. The quantitative estimate of drug-likeness (QED) is 0.610. The van der Waals surface area contributed by atoms with Crippen LogP contribution in [0.15, 0.2) is 65.0 Å². The summed E-state index contributed by atoms with van der Waals surface area (Å²) in [5.74, 6) is -0.197. The molecule has 1 atom stereocenters. The van der Waals surface area contributed by atoms with E-state index in [0.717, 1.165) is 29.4 Å². The minimum atomic E-state index is -0.580. The molecule has 0 spiro atoms. The molecule has 1 aromatic carbocycles. The molecule has 37 heavy (non-hydrogen) atoms. The number of allylic oxidation sites excluding steroid dienone is 1. The molecule has 0 bridgehead atoms. The van der Waals surface area contributed by atoms with Crippen molar-refractivity contribution in [2.75, 3.05) is 31.1 Å². The second-order valence-electron chi connectivity index (χ2n) is 9.03. The van der Waals surface area contributed by atoms with Gasteiger partial charge < -0.3 is 15.1 Å². The summed E-state index contributed by atoms with van der Waals surface area (Å²) in [6.45, 7) is 5.12. The molecule has 1 aromatic heterocycles. The number of nitrogens with zero attached hydrogens (tertiary/aromatic N) is 5. The largest absolute Gasteiger partial charge is 0.368 e. The van der Waals surface area contributed by atoms with E-state index < -0.39 is 5.54 Å². The molecule has 0 aliphatic carbocycles. The maximum absolute atomic E-state index is 12.9. The van der Waals surface area contributed by atoms with Gasteiger partial charge in [-0.15, -0.1) is 0 Å². The molecular weight excluding hydrogens is 492 g/mol. The summed E-state index contributed by atoms with van der Waals surface area (Å²) >= 11 is 6.16. The smallest absolute Gasteiger partial charge is 0.231 e. The summed E-state index contributed by atoms with van der Waals surface area (Å²) in [6, 6.07) is 9.82. The van der Waals surface area contributed by atoms with Gasteiger partial charge in [0.2, 0.25) is 11.8 Å². The zero-order valence-corrected chi connectivity index (χ0v) is 21.4. The summed E-state index contributed by atoms with van der Waals surface area (Å²) in [7, 11) is 0. The van der Waals surface area contributed by atoms with E-state index in [2.05, 4.69) is 32.1 Å². The van der Waals surface area contributed by atoms with Crippen molar-refractivity contribution in [2.24, 2.45) is 9.98 Å². The van der Waals surface area contributed by atoms with Crippen LogP contribution in [0.2, 0.25) is 5.02 Å². The Hall–Kier alpha value is -3.85. The van der Waals surface area contributed by atoms with E-state index in [-0.39, 0.29) is 24.0 Å². The van der Waals surface area contributed by atoms with Crippen molar-refractivity contribution in [2.45, 2.75) is 31.7 Å². The third-order valence-electron chi connectivity index (χ3n) is 6.52. The molecule has 10 heteroatoms. The highest BCUT2D eigenvalue weighted by Crippen LogP contribution is 2.31. The fourth-order valence-electron chi connectivity index (χ4n) is 4.44. The molecule has 9 nitrogen and oxygen atoms in total. The van der Waals surface area contributed by atoms with Crippen LogP contribution in [-0.2, 0) is 19.9 Å². The van der Waals surface area contributed by atoms with Gasteiger partial charge in [-0.25, -0.2) is 4.99 Å². The number of hydrogen-bond acceptors (Lipinski definition) is 7. The number of amides is 2. The lowest BCUT2D eigenvalue weighted by molar-refractivity contribution is -0.132. The molecule has 1 N–H and O–H groups in total. The highest BCUT2D eigenvalue weighted by molar-refractivity contribution is 6.30. The number of aryl methyl sites for hydroxylation is 1. The molecule has 2 amide bonds. The lowest BCUT2D eigenvalue weighted by atomic mass is 9.88. The van der Waals surface area contributed by atoms with E-state index >= 15 is 0 Å². The van der Waals surface area contributed by atoms with Gasteiger partial charge in [0.05, 0.1) is 6.42 Å². The number of anilines is 1. The monoisotopic (exact) mass is 520 g/mol. The minimum absolute atomic E-state index is 0.00347. The lowest BCUT2D eigenvalue weighted by Gasteiger charge is -2.37. The van der Waals surface area contributed by atoms with Crippen molar-refractivity contribution >= 4 is 47.4 Å². The predicted molar refractivity (Wildman–Crippen MR) is 144 cm³/mol. The first kappa shape index (κ1) is 26.2. The molecule has 192 valence electrons. The van der Waals surface area contributed by atoms with Crippen LogP contribution in [0.5, 0.6) is 0 Å². The Labute approximate surface area is 220 Å². The Bertz CT molecular complexity index is 1220. The number of rotatable bonds is 5. The molecular formula is C27H29ClN6O3. The fourth-order valence-corrected chi connectivity index (χ4v) is 4.61. The van der Waals surface area contributed by atoms with Crippen LogP contribution in [0, 0.1) is 6.92 Å². The maximum atomic E-state index is 12.9. The second-order valence-corrected chi connectivity index (χ2v) is 9.47. The third-order valence-corrected chi connectivity index (χ3v) is 6.75. The van der Waals surface area contributed by atoms with Crippen molar-refractivity contribution in [1.82, 2.24) is 15.2 Å². The fraction of sp³-hybridized carbons (Fsp3) is 0.333. The first-order valence-corrected chi connectivity index (χ1v) is 12.5. The zero-order valence-electron chi connectivity index (χ0n) is 20.6. The van der Waals surface area contributed by atoms with E-state index in [0.29, 0.717) is 25.9 Å². The van der Waals surface area contributed by atoms with Gasteiger partial charge in [0.1, 0.15) is 11.9 Å². The standard InChI is InChI=1S/C22H24ClN5O.C5H5NO2/c1-17-4-5-19(23)13-20(17)27-9-11-28(12-10-27)21(29)6-7-22(15-25-16-26-22)18-3-2-8-24-14-18;7-4-1-2-6-5(8)3-4/h2-5,8,13-16H,6-7,9-12H2,1H3;1-2H,3H2,(H,6,8). The van der Waals surface area contributed by atoms with E-state index in [1.165, 1.54) is 17.8 Å². The molecule has 0 saturated carbocycles. The average molecular weight is 521 g/mol. The average Bonchev–Trinajstić information content (AvgIpc) is 3.40. The molecule has 3 aliphatic heterocycles. The number of aromatic nitrogens is 1. The SMILES string of the molecule is Cc1ccc(Cl)cc1N1CCN(C(=O)CCC2(c3cccnc3)C=NC=N2)CC1.O=C1C=CNC(=O)C1. The number of carbonyl (C=O) groups is 3. The Kier molecular flexibility index (Phi) is 8.45. The van der Waals surface area contributed by atoms with Crippen molar-refractivity contribution in [1.29, 1.82) is 0 Å². The van der Waals surface area contributed by atoms with Gasteiger partial charge in [-0.2, -0.15) is 0 Å². The molecule has 1 fully saturated rings. The van der Waals surface area contributed by atoms with E-state index in [4.69, 9.17) is 11.6 Å². The van der Waals surface area contributed by atoms with Crippen molar-refractivity contribution in [3.63, 3.8) is 0 Å². The topological polar surface area (TPSA) is 107 Å². The Morgan fingerprint density at radius 1 is 1.16 bits per heavy atom. The third kappa shape index (κ3) is 6.68. The number of halogens is 1. The van der Waals surface area contributed by atoms with Gasteiger partial charge >= 0.3 is 0 Å². The molecule has 2 aromatic rings. The van der Waals surface area contributed by atoms with E-state index in [1.54, 1.807) is 18.7 Å². The number of pyridine rings is 1. The van der Waals surface area contributed by atoms with Crippen LogP contribution in [-0.4, -0.2) is 66.2 Å². The molecule has 0 radical (unpaired) electrons. The van der Waals surface area contributed by atoms with E-state index in [9.17, 15) is 14.4 Å². The van der Waals surface area contributed by atoms with Crippen LogP contribution in [0.1, 0.15) is 30.4 Å².